The number of hydrogen-bond donors (Lipinski definition) is 0. The van der Waals surface area contributed by atoms with Gasteiger partial charge in [0.2, 0.25) is 0 Å². The number of fused-ring (bicyclic) bond motifs is 1. The number of aromatic nitrogens is 4. The van der Waals surface area contributed by atoms with Gasteiger partial charge < -0.3 is 14.0 Å². The number of hydrogen-bond acceptors (Lipinski definition) is 5. The Morgan fingerprint density at radius 3 is 2.31 bits per heavy atom. The van der Waals surface area contributed by atoms with Crippen LogP contribution in [0.25, 0.3) is 27.8 Å². The van der Waals surface area contributed by atoms with Crippen LogP contribution in [0.4, 0.5) is 13.2 Å². The lowest BCUT2D eigenvalue weighted by atomic mass is 10.1. The van der Waals surface area contributed by atoms with Crippen molar-refractivity contribution in [1.29, 1.82) is 0 Å². The van der Waals surface area contributed by atoms with E-state index in [-0.39, 0.29) is 29.8 Å². The van der Waals surface area contributed by atoms with Crippen molar-refractivity contribution in [2.45, 2.75) is 19.6 Å². The van der Waals surface area contributed by atoms with Crippen molar-refractivity contribution in [1.82, 2.24) is 18.9 Å². The van der Waals surface area contributed by atoms with Crippen LogP contribution >= 0.6 is 0 Å². The van der Waals surface area contributed by atoms with E-state index in [1.165, 1.54) is 16.4 Å². The Labute approximate surface area is 198 Å². The van der Waals surface area contributed by atoms with Crippen LogP contribution < -0.4 is 5.69 Å². The standard InChI is InChI=1S/C24H23F3N4O4/c1-14-28-29(2)23(33)31(14)18-7-5-15(6-8-18)20-12-16-11-17(24(25,26)27)13-19(22(32)35-4)21(16)30(20)9-10-34-3/h5-8,11-13H,9-10H2,1-4H3. The molecule has 11 heteroatoms. The highest BCUT2D eigenvalue weighted by molar-refractivity contribution is 6.05. The predicted octanol–water partition coefficient (Wildman–Crippen LogP) is 3.95. The first-order chi connectivity index (χ1) is 16.6. The molecule has 0 aliphatic rings. The normalized spacial score (nSPS) is 11.9. The lowest BCUT2D eigenvalue weighted by molar-refractivity contribution is -0.137. The molecule has 0 spiro atoms. The van der Waals surface area contributed by atoms with Gasteiger partial charge in [-0.15, -0.1) is 0 Å². The second kappa shape index (κ2) is 9.06. The fourth-order valence-corrected chi connectivity index (χ4v) is 4.16. The third-order valence-corrected chi connectivity index (χ3v) is 5.75. The Balaban J connectivity index is 1.93. The van der Waals surface area contributed by atoms with Gasteiger partial charge in [-0.3, -0.25) is 0 Å². The Kier molecular flexibility index (Phi) is 6.28. The van der Waals surface area contributed by atoms with E-state index < -0.39 is 17.7 Å². The molecular formula is C24H23F3N4O4. The summed E-state index contributed by atoms with van der Waals surface area (Å²) >= 11 is 0. The maximum atomic E-state index is 13.6. The van der Waals surface area contributed by atoms with Gasteiger partial charge in [0, 0.05) is 31.8 Å². The number of esters is 1. The van der Waals surface area contributed by atoms with E-state index in [2.05, 4.69) is 5.10 Å². The highest BCUT2D eigenvalue weighted by atomic mass is 19.4. The molecule has 0 N–H and O–H groups in total. The summed E-state index contributed by atoms with van der Waals surface area (Å²) in [5.41, 5.74) is 0.755. The number of halogens is 3. The smallest absolute Gasteiger partial charge is 0.416 e. The van der Waals surface area contributed by atoms with Crippen LogP contribution in [0.15, 0.2) is 47.3 Å². The average molecular weight is 488 g/mol. The number of nitrogens with zero attached hydrogens (tertiary/aromatic N) is 4. The molecule has 2 heterocycles. The number of ether oxygens (including phenoxy) is 2. The van der Waals surface area contributed by atoms with Crippen LogP contribution in [-0.4, -0.2) is 45.7 Å². The van der Waals surface area contributed by atoms with E-state index in [0.717, 1.165) is 19.2 Å². The van der Waals surface area contributed by atoms with Crippen LogP contribution in [-0.2, 0) is 29.2 Å². The molecule has 4 rings (SSSR count). The first-order valence-corrected chi connectivity index (χ1v) is 10.6. The molecule has 0 bridgehead atoms. The van der Waals surface area contributed by atoms with Gasteiger partial charge in [-0.25, -0.2) is 18.8 Å². The van der Waals surface area contributed by atoms with Crippen LogP contribution in [0.3, 0.4) is 0 Å². The molecule has 4 aromatic rings. The topological polar surface area (TPSA) is 80.3 Å². The van der Waals surface area contributed by atoms with Crippen molar-refractivity contribution in [3.8, 4) is 16.9 Å². The summed E-state index contributed by atoms with van der Waals surface area (Å²) in [4.78, 5) is 24.9. The SMILES string of the molecule is COCCn1c(-c2ccc(-n3c(C)nn(C)c3=O)cc2)cc2cc(C(F)(F)F)cc(C(=O)OC)c21. The van der Waals surface area contributed by atoms with Crippen LogP contribution in [0, 0.1) is 6.92 Å². The van der Waals surface area contributed by atoms with Gasteiger partial charge in [0.25, 0.3) is 0 Å². The monoisotopic (exact) mass is 488 g/mol. The third kappa shape index (κ3) is 4.34. The number of benzene rings is 2. The van der Waals surface area contributed by atoms with Gasteiger partial charge in [-0.1, -0.05) is 12.1 Å². The number of aryl methyl sites for hydroxylation is 2. The van der Waals surface area contributed by atoms with Crippen molar-refractivity contribution >= 4 is 16.9 Å². The highest BCUT2D eigenvalue weighted by Crippen LogP contribution is 2.37. The molecule has 0 saturated heterocycles. The average Bonchev–Trinajstić information content (AvgIpc) is 3.31. The molecule has 8 nitrogen and oxygen atoms in total. The van der Waals surface area contributed by atoms with Gasteiger partial charge in [0.15, 0.2) is 0 Å². The Hall–Kier alpha value is -3.86. The molecule has 0 atom stereocenters. The van der Waals surface area contributed by atoms with Gasteiger partial charge >= 0.3 is 17.8 Å². The lowest BCUT2D eigenvalue weighted by Gasteiger charge is -2.14. The van der Waals surface area contributed by atoms with Gasteiger partial charge in [-0.05, 0) is 42.8 Å². The minimum absolute atomic E-state index is 0.186. The molecule has 0 aliphatic carbocycles. The quantitative estimate of drug-likeness (QED) is 0.384. The summed E-state index contributed by atoms with van der Waals surface area (Å²) in [6.07, 6.45) is -4.64. The van der Waals surface area contributed by atoms with Crippen LogP contribution in [0.5, 0.6) is 0 Å². The maximum absolute atomic E-state index is 13.6. The number of methoxy groups -OCH3 is 2. The Morgan fingerprint density at radius 1 is 1.09 bits per heavy atom. The molecule has 0 saturated carbocycles. The summed E-state index contributed by atoms with van der Waals surface area (Å²) in [5, 5.41) is 4.37. The second-order valence-electron chi connectivity index (χ2n) is 7.96. The number of carbonyl (C=O) groups excluding carboxylic acids is 1. The van der Waals surface area contributed by atoms with E-state index in [0.29, 0.717) is 28.3 Å². The van der Waals surface area contributed by atoms with Crippen molar-refractivity contribution in [3.05, 3.63) is 69.9 Å². The highest BCUT2D eigenvalue weighted by Gasteiger charge is 2.33. The molecule has 35 heavy (non-hydrogen) atoms. The van der Waals surface area contributed by atoms with Gasteiger partial charge in [0.1, 0.15) is 5.82 Å². The fourth-order valence-electron chi connectivity index (χ4n) is 4.16. The van der Waals surface area contributed by atoms with Crippen molar-refractivity contribution in [2.75, 3.05) is 20.8 Å². The first-order valence-electron chi connectivity index (χ1n) is 10.6. The summed E-state index contributed by atoms with van der Waals surface area (Å²) in [5.74, 6) is -0.354. The molecular weight excluding hydrogens is 465 g/mol. The zero-order valence-corrected chi connectivity index (χ0v) is 19.5. The van der Waals surface area contributed by atoms with E-state index >= 15 is 0 Å². The summed E-state index contributed by atoms with van der Waals surface area (Å²) < 4.78 is 55.1. The largest absolute Gasteiger partial charge is 0.465 e. The molecule has 0 amide bonds. The van der Waals surface area contributed by atoms with Crippen LogP contribution in [0.1, 0.15) is 21.7 Å². The van der Waals surface area contributed by atoms with E-state index in [9.17, 15) is 22.8 Å². The van der Waals surface area contributed by atoms with Gasteiger partial charge in [0.05, 0.1) is 36.0 Å². The first kappa shape index (κ1) is 24.3. The minimum atomic E-state index is -4.64. The van der Waals surface area contributed by atoms with Crippen LogP contribution in [0.2, 0.25) is 0 Å². The maximum Gasteiger partial charge on any atom is 0.416 e. The van der Waals surface area contributed by atoms with Crippen molar-refractivity contribution in [2.24, 2.45) is 7.05 Å². The summed E-state index contributed by atoms with van der Waals surface area (Å²) in [7, 11) is 4.19. The van der Waals surface area contributed by atoms with Gasteiger partial charge in [-0.2, -0.15) is 18.3 Å². The van der Waals surface area contributed by atoms with E-state index in [1.54, 1.807) is 48.9 Å². The van der Waals surface area contributed by atoms with E-state index in [1.807, 2.05) is 0 Å². The molecule has 0 radical (unpaired) electrons. The molecule has 2 aromatic heterocycles. The Morgan fingerprint density at radius 2 is 1.77 bits per heavy atom. The third-order valence-electron chi connectivity index (χ3n) is 5.75. The zero-order valence-electron chi connectivity index (χ0n) is 19.5. The molecule has 0 fully saturated rings. The number of carbonyl (C=O) groups is 1. The molecule has 2 aromatic carbocycles. The number of rotatable bonds is 6. The fraction of sp³-hybridized carbons (Fsp3) is 0.292. The molecule has 0 aliphatic heterocycles. The molecule has 184 valence electrons. The van der Waals surface area contributed by atoms with E-state index in [4.69, 9.17) is 9.47 Å². The minimum Gasteiger partial charge on any atom is -0.465 e. The van der Waals surface area contributed by atoms with Crippen molar-refractivity contribution < 1.29 is 27.4 Å². The second-order valence-corrected chi connectivity index (χ2v) is 7.96. The zero-order chi connectivity index (χ0) is 25.5. The summed E-state index contributed by atoms with van der Waals surface area (Å²) in [6.45, 7) is 2.26. The summed E-state index contributed by atoms with van der Waals surface area (Å²) in [6, 6.07) is 10.4. The lowest BCUT2D eigenvalue weighted by Crippen LogP contribution is -2.21. The molecule has 0 unspecified atom stereocenters. The predicted molar refractivity (Wildman–Crippen MR) is 123 cm³/mol. The number of alkyl halides is 3. The van der Waals surface area contributed by atoms with Crippen molar-refractivity contribution in [3.63, 3.8) is 0 Å². The Bertz CT molecular complexity index is 1460.